The van der Waals surface area contributed by atoms with Crippen LogP contribution in [0.15, 0.2) is 72.8 Å². The number of ether oxygens (including phenoxy) is 1. The van der Waals surface area contributed by atoms with Crippen molar-refractivity contribution in [3.05, 3.63) is 95.3 Å². The van der Waals surface area contributed by atoms with Gasteiger partial charge in [0.05, 0.1) is 5.56 Å². The van der Waals surface area contributed by atoms with Crippen molar-refractivity contribution in [1.29, 1.82) is 0 Å². The Kier molecular flexibility index (Phi) is 6.18. The molecule has 5 heteroatoms. The second-order valence-corrected chi connectivity index (χ2v) is 6.16. The molecule has 0 atom stereocenters. The van der Waals surface area contributed by atoms with E-state index in [1.165, 1.54) is 17.7 Å². The zero-order valence-electron chi connectivity index (χ0n) is 14.8. The summed E-state index contributed by atoms with van der Waals surface area (Å²) in [6.07, 6.45) is 0.875. The van der Waals surface area contributed by atoms with Gasteiger partial charge in [0.15, 0.2) is 0 Å². The van der Waals surface area contributed by atoms with Crippen LogP contribution in [0.1, 0.15) is 21.5 Å². The predicted octanol–water partition coefficient (Wildman–Crippen LogP) is 4.05. The third kappa shape index (κ3) is 5.39. The lowest BCUT2D eigenvalue weighted by Gasteiger charge is -2.10. The van der Waals surface area contributed by atoms with Gasteiger partial charge in [-0.05, 0) is 48.4 Å². The van der Waals surface area contributed by atoms with Crippen LogP contribution in [0.5, 0.6) is 11.5 Å². The summed E-state index contributed by atoms with van der Waals surface area (Å²) in [4.78, 5) is 11.4. The molecule has 3 aromatic carbocycles. The average Bonchev–Trinajstić information content (AvgIpc) is 2.67. The van der Waals surface area contributed by atoms with Gasteiger partial charge < -0.3 is 15.8 Å². The number of rotatable bonds is 8. The maximum atomic E-state index is 13.4. The van der Waals surface area contributed by atoms with E-state index in [4.69, 9.17) is 10.5 Å². The van der Waals surface area contributed by atoms with Crippen LogP contribution in [0, 0.1) is 5.82 Å². The molecule has 27 heavy (non-hydrogen) atoms. The van der Waals surface area contributed by atoms with Crippen molar-refractivity contribution in [2.45, 2.75) is 13.0 Å². The lowest BCUT2D eigenvalue weighted by atomic mass is 10.1. The molecule has 0 radical (unpaired) electrons. The first-order valence-electron chi connectivity index (χ1n) is 8.72. The summed E-state index contributed by atoms with van der Waals surface area (Å²) < 4.78 is 19.1. The third-order valence-corrected chi connectivity index (χ3v) is 4.12. The highest BCUT2D eigenvalue weighted by molar-refractivity contribution is 5.95. The van der Waals surface area contributed by atoms with Gasteiger partial charge in [-0.1, -0.05) is 42.5 Å². The molecule has 0 fully saturated rings. The summed E-state index contributed by atoms with van der Waals surface area (Å²) >= 11 is 0. The van der Waals surface area contributed by atoms with Gasteiger partial charge in [0, 0.05) is 12.6 Å². The normalized spacial score (nSPS) is 10.6. The smallest absolute Gasteiger partial charge is 0.252 e. The zero-order valence-corrected chi connectivity index (χ0v) is 14.8. The van der Waals surface area contributed by atoms with Crippen molar-refractivity contribution in [2.24, 2.45) is 5.73 Å². The Bertz CT molecular complexity index is 896. The summed E-state index contributed by atoms with van der Waals surface area (Å²) in [5.74, 6) is -0.522. The Morgan fingerprint density at radius 1 is 0.963 bits per heavy atom. The van der Waals surface area contributed by atoms with Crippen LogP contribution in [0.3, 0.4) is 0 Å². The van der Waals surface area contributed by atoms with E-state index in [9.17, 15) is 9.18 Å². The molecule has 0 aliphatic rings. The van der Waals surface area contributed by atoms with Gasteiger partial charge in [-0.2, -0.15) is 0 Å². The first-order chi connectivity index (χ1) is 13.1. The van der Waals surface area contributed by atoms with Gasteiger partial charge in [-0.15, -0.1) is 0 Å². The molecular formula is C22H21FN2O2. The molecule has 0 saturated carbocycles. The van der Waals surface area contributed by atoms with Gasteiger partial charge in [0.2, 0.25) is 0 Å². The minimum atomic E-state index is -0.661. The number of hydrogen-bond acceptors (Lipinski definition) is 3. The lowest BCUT2D eigenvalue weighted by molar-refractivity contribution is 0.0998. The monoisotopic (exact) mass is 364 g/mol. The molecule has 0 bridgehead atoms. The maximum Gasteiger partial charge on any atom is 0.252 e. The van der Waals surface area contributed by atoms with E-state index >= 15 is 0 Å². The highest BCUT2D eigenvalue weighted by Crippen LogP contribution is 2.26. The molecule has 3 aromatic rings. The molecule has 1 amide bonds. The molecule has 138 valence electrons. The number of nitrogens with two attached hydrogens (primary N) is 1. The minimum Gasteiger partial charge on any atom is -0.456 e. The fourth-order valence-electron chi connectivity index (χ4n) is 2.70. The van der Waals surface area contributed by atoms with E-state index in [0.29, 0.717) is 5.75 Å². The van der Waals surface area contributed by atoms with Crippen molar-refractivity contribution in [1.82, 2.24) is 5.32 Å². The van der Waals surface area contributed by atoms with E-state index in [1.54, 1.807) is 12.1 Å². The number of halogens is 1. The van der Waals surface area contributed by atoms with E-state index in [0.717, 1.165) is 31.1 Å². The second kappa shape index (κ2) is 8.96. The van der Waals surface area contributed by atoms with Crippen LogP contribution in [0.4, 0.5) is 4.39 Å². The standard InChI is InChI=1S/C22H21FN2O2/c23-18-8-11-20(22(24)26)21(14-18)27-19-9-6-16(7-10-19)12-13-25-15-17-4-2-1-3-5-17/h1-11,14,25H,12-13,15H2,(H2,24,26). The first kappa shape index (κ1) is 18.6. The summed E-state index contributed by atoms with van der Waals surface area (Å²) in [6.45, 7) is 1.68. The van der Waals surface area contributed by atoms with Crippen molar-refractivity contribution in [3.63, 3.8) is 0 Å². The van der Waals surface area contributed by atoms with Crippen molar-refractivity contribution >= 4 is 5.91 Å². The van der Waals surface area contributed by atoms with Gasteiger partial charge >= 0.3 is 0 Å². The molecule has 0 aromatic heterocycles. The van der Waals surface area contributed by atoms with Crippen molar-refractivity contribution in [3.8, 4) is 11.5 Å². The van der Waals surface area contributed by atoms with Crippen LogP contribution < -0.4 is 15.8 Å². The lowest BCUT2D eigenvalue weighted by Crippen LogP contribution is -2.16. The van der Waals surface area contributed by atoms with E-state index < -0.39 is 11.7 Å². The topological polar surface area (TPSA) is 64.4 Å². The highest BCUT2D eigenvalue weighted by Gasteiger charge is 2.11. The minimum absolute atomic E-state index is 0.111. The SMILES string of the molecule is NC(=O)c1ccc(F)cc1Oc1ccc(CCNCc2ccccc2)cc1. The molecule has 0 saturated heterocycles. The first-order valence-corrected chi connectivity index (χ1v) is 8.72. The largest absolute Gasteiger partial charge is 0.456 e. The molecular weight excluding hydrogens is 343 g/mol. The van der Waals surface area contributed by atoms with Crippen molar-refractivity contribution in [2.75, 3.05) is 6.54 Å². The molecule has 0 spiro atoms. The summed E-state index contributed by atoms with van der Waals surface area (Å²) in [6, 6.07) is 21.4. The summed E-state index contributed by atoms with van der Waals surface area (Å²) in [7, 11) is 0. The van der Waals surface area contributed by atoms with Crippen LogP contribution >= 0.6 is 0 Å². The number of benzene rings is 3. The van der Waals surface area contributed by atoms with E-state index in [1.807, 2.05) is 30.3 Å². The third-order valence-electron chi connectivity index (χ3n) is 4.12. The molecule has 3 N–H and O–H groups in total. The molecule has 3 rings (SSSR count). The van der Waals surface area contributed by atoms with Gasteiger partial charge in [-0.25, -0.2) is 4.39 Å². The number of nitrogens with one attached hydrogen (secondary N) is 1. The number of carbonyl (C=O) groups is 1. The molecule has 0 unspecified atom stereocenters. The Labute approximate surface area is 157 Å². The van der Waals surface area contributed by atoms with Gasteiger partial charge in [-0.3, -0.25) is 4.79 Å². The van der Waals surface area contributed by atoms with Crippen LogP contribution in [-0.2, 0) is 13.0 Å². The summed E-state index contributed by atoms with van der Waals surface area (Å²) in [5, 5.41) is 3.41. The number of hydrogen-bond donors (Lipinski definition) is 2. The van der Waals surface area contributed by atoms with Crippen LogP contribution in [0.25, 0.3) is 0 Å². The average molecular weight is 364 g/mol. The Balaban J connectivity index is 1.55. The Morgan fingerprint density at radius 2 is 1.70 bits per heavy atom. The molecule has 4 nitrogen and oxygen atoms in total. The van der Waals surface area contributed by atoms with E-state index in [-0.39, 0.29) is 11.3 Å². The number of primary amides is 1. The maximum absolute atomic E-state index is 13.4. The fourth-order valence-corrected chi connectivity index (χ4v) is 2.70. The van der Waals surface area contributed by atoms with Gasteiger partial charge in [0.25, 0.3) is 5.91 Å². The highest BCUT2D eigenvalue weighted by atomic mass is 19.1. The van der Waals surface area contributed by atoms with Crippen molar-refractivity contribution < 1.29 is 13.9 Å². The molecule has 0 aliphatic heterocycles. The van der Waals surface area contributed by atoms with Crippen LogP contribution in [0.2, 0.25) is 0 Å². The zero-order chi connectivity index (χ0) is 19.1. The molecule has 0 aliphatic carbocycles. The fraction of sp³-hybridized carbons (Fsp3) is 0.136. The second-order valence-electron chi connectivity index (χ2n) is 6.16. The Morgan fingerprint density at radius 3 is 2.41 bits per heavy atom. The quantitative estimate of drug-likeness (QED) is 0.593. The summed E-state index contributed by atoms with van der Waals surface area (Å²) in [5.41, 5.74) is 7.85. The number of amides is 1. The van der Waals surface area contributed by atoms with E-state index in [2.05, 4.69) is 17.4 Å². The Hall–Kier alpha value is -3.18. The van der Waals surface area contributed by atoms with Gasteiger partial charge in [0.1, 0.15) is 17.3 Å². The predicted molar refractivity (Wildman–Crippen MR) is 103 cm³/mol. The number of carbonyl (C=O) groups excluding carboxylic acids is 1. The molecule has 0 heterocycles. The van der Waals surface area contributed by atoms with Crippen LogP contribution in [-0.4, -0.2) is 12.5 Å².